The molecule has 0 bridgehead atoms. The van der Waals surface area contributed by atoms with Gasteiger partial charge in [-0.3, -0.25) is 5.10 Å². The zero-order valence-corrected chi connectivity index (χ0v) is 14.5. The Morgan fingerprint density at radius 2 is 2.19 bits per heavy atom. The SMILES string of the molecule is O=C=NCC1CCCC(CNC(=O)N2CCc3c(C(=O)O)n[nH]c3C2)C1. The molecule has 0 aromatic carbocycles. The second kappa shape index (κ2) is 8.14. The minimum Gasteiger partial charge on any atom is -0.476 e. The first-order valence-electron chi connectivity index (χ1n) is 8.94. The van der Waals surface area contributed by atoms with Gasteiger partial charge in [0.05, 0.1) is 18.8 Å². The third-order valence-electron chi connectivity index (χ3n) is 5.27. The Hall–Kier alpha value is -2.67. The number of urea groups is 1. The van der Waals surface area contributed by atoms with Crippen molar-refractivity contribution in [2.45, 2.75) is 38.6 Å². The van der Waals surface area contributed by atoms with E-state index in [0.717, 1.165) is 25.7 Å². The van der Waals surface area contributed by atoms with Crippen molar-refractivity contribution in [3.63, 3.8) is 0 Å². The van der Waals surface area contributed by atoms with Crippen LogP contribution in [0, 0.1) is 11.8 Å². The van der Waals surface area contributed by atoms with E-state index in [-0.39, 0.29) is 11.7 Å². The molecule has 2 amide bonds. The summed E-state index contributed by atoms with van der Waals surface area (Å²) in [6.07, 6.45) is 6.24. The second-order valence-corrected chi connectivity index (χ2v) is 7.02. The first-order valence-corrected chi connectivity index (χ1v) is 8.94. The van der Waals surface area contributed by atoms with Crippen molar-refractivity contribution in [1.29, 1.82) is 0 Å². The number of fused-ring (bicyclic) bond motifs is 1. The molecule has 1 aliphatic heterocycles. The predicted octanol–water partition coefficient (Wildman–Crippen LogP) is 1.32. The van der Waals surface area contributed by atoms with Crippen LogP contribution < -0.4 is 5.32 Å². The van der Waals surface area contributed by atoms with E-state index in [2.05, 4.69) is 20.5 Å². The highest BCUT2D eigenvalue weighted by Gasteiger charge is 2.28. The van der Waals surface area contributed by atoms with Crippen LogP contribution >= 0.6 is 0 Å². The maximum absolute atomic E-state index is 12.4. The fourth-order valence-electron chi connectivity index (χ4n) is 3.93. The number of carbonyl (C=O) groups excluding carboxylic acids is 2. The number of nitrogens with zero attached hydrogens (tertiary/aromatic N) is 3. The Morgan fingerprint density at radius 3 is 2.96 bits per heavy atom. The molecule has 0 spiro atoms. The molecule has 1 fully saturated rings. The number of isocyanates is 1. The number of carboxylic acids is 1. The average molecular weight is 361 g/mol. The van der Waals surface area contributed by atoms with Crippen molar-refractivity contribution in [2.75, 3.05) is 19.6 Å². The maximum Gasteiger partial charge on any atom is 0.356 e. The third-order valence-corrected chi connectivity index (χ3v) is 5.27. The average Bonchev–Trinajstić information content (AvgIpc) is 3.08. The largest absolute Gasteiger partial charge is 0.476 e. The zero-order chi connectivity index (χ0) is 18.5. The van der Waals surface area contributed by atoms with E-state index in [1.54, 1.807) is 11.0 Å². The molecule has 2 aliphatic rings. The van der Waals surface area contributed by atoms with Crippen LogP contribution in [0.4, 0.5) is 4.79 Å². The van der Waals surface area contributed by atoms with Crippen molar-refractivity contribution in [3.05, 3.63) is 17.0 Å². The van der Waals surface area contributed by atoms with Crippen molar-refractivity contribution in [1.82, 2.24) is 20.4 Å². The molecular formula is C17H23N5O4. The lowest BCUT2D eigenvalue weighted by Gasteiger charge is -2.30. The highest BCUT2D eigenvalue weighted by molar-refractivity contribution is 5.87. The molecule has 1 saturated carbocycles. The van der Waals surface area contributed by atoms with Gasteiger partial charge < -0.3 is 15.3 Å². The molecule has 1 aromatic heterocycles. The van der Waals surface area contributed by atoms with Crippen LogP contribution in [0.3, 0.4) is 0 Å². The molecular weight excluding hydrogens is 338 g/mol. The third kappa shape index (κ3) is 4.11. The molecule has 2 atom stereocenters. The van der Waals surface area contributed by atoms with Crippen LogP contribution in [-0.4, -0.2) is 57.9 Å². The molecule has 26 heavy (non-hydrogen) atoms. The summed E-state index contributed by atoms with van der Waals surface area (Å²) in [4.78, 5) is 39.2. The summed E-state index contributed by atoms with van der Waals surface area (Å²) in [5, 5.41) is 18.6. The van der Waals surface area contributed by atoms with Crippen LogP contribution in [0.1, 0.15) is 47.4 Å². The summed E-state index contributed by atoms with van der Waals surface area (Å²) in [6.45, 7) is 1.93. The number of aromatic nitrogens is 2. The highest BCUT2D eigenvalue weighted by atomic mass is 16.4. The quantitative estimate of drug-likeness (QED) is 0.538. The summed E-state index contributed by atoms with van der Waals surface area (Å²) in [7, 11) is 0. The number of amides is 2. The molecule has 140 valence electrons. The van der Waals surface area contributed by atoms with Gasteiger partial charge in [0.1, 0.15) is 0 Å². The smallest absolute Gasteiger partial charge is 0.356 e. The van der Waals surface area contributed by atoms with Gasteiger partial charge in [-0.2, -0.15) is 5.10 Å². The number of carboxylic acid groups (broad SMARTS) is 1. The molecule has 1 aliphatic carbocycles. The second-order valence-electron chi connectivity index (χ2n) is 7.02. The molecule has 2 heterocycles. The summed E-state index contributed by atoms with van der Waals surface area (Å²) < 4.78 is 0. The Kier molecular flexibility index (Phi) is 5.68. The number of rotatable bonds is 5. The summed E-state index contributed by atoms with van der Waals surface area (Å²) in [6, 6.07) is -0.143. The zero-order valence-electron chi connectivity index (χ0n) is 14.5. The van der Waals surface area contributed by atoms with Gasteiger partial charge in [-0.1, -0.05) is 6.42 Å². The lowest BCUT2D eigenvalue weighted by atomic mass is 9.81. The molecule has 1 aromatic rings. The predicted molar refractivity (Wildman–Crippen MR) is 91.5 cm³/mol. The van der Waals surface area contributed by atoms with E-state index in [9.17, 15) is 14.4 Å². The fourth-order valence-corrected chi connectivity index (χ4v) is 3.93. The molecule has 2 unspecified atom stereocenters. The lowest BCUT2D eigenvalue weighted by molar-refractivity contribution is 0.0689. The van der Waals surface area contributed by atoms with E-state index in [0.29, 0.717) is 55.7 Å². The Bertz CT molecular complexity index is 725. The van der Waals surface area contributed by atoms with E-state index < -0.39 is 5.97 Å². The standard InChI is InChI=1S/C17H23N5O4/c23-10-18-7-11-2-1-3-12(6-11)8-19-17(26)22-5-4-13-14(9-22)20-21-15(13)16(24)25/h11-12H,1-9H2,(H,19,26)(H,20,21)(H,24,25). The monoisotopic (exact) mass is 361 g/mol. The van der Waals surface area contributed by atoms with Crippen molar-refractivity contribution >= 4 is 18.1 Å². The first kappa shape index (κ1) is 18.1. The molecule has 0 radical (unpaired) electrons. The molecule has 9 nitrogen and oxygen atoms in total. The molecule has 3 rings (SSSR count). The van der Waals surface area contributed by atoms with Gasteiger partial charge >= 0.3 is 12.0 Å². The van der Waals surface area contributed by atoms with Gasteiger partial charge in [0.25, 0.3) is 0 Å². The molecule has 0 saturated heterocycles. The number of hydrogen-bond donors (Lipinski definition) is 3. The van der Waals surface area contributed by atoms with Crippen molar-refractivity contribution in [2.24, 2.45) is 16.8 Å². The minimum absolute atomic E-state index is 0.0475. The maximum atomic E-state index is 12.4. The summed E-state index contributed by atoms with van der Waals surface area (Å²) in [5.41, 5.74) is 1.42. The van der Waals surface area contributed by atoms with Gasteiger partial charge in [0, 0.05) is 18.7 Å². The lowest BCUT2D eigenvalue weighted by Crippen LogP contribution is -2.44. The normalized spacial score (nSPS) is 22.2. The Balaban J connectivity index is 1.49. The molecule has 9 heteroatoms. The topological polar surface area (TPSA) is 128 Å². The first-order chi connectivity index (χ1) is 12.6. The Morgan fingerprint density at radius 1 is 1.38 bits per heavy atom. The summed E-state index contributed by atoms with van der Waals surface area (Å²) in [5.74, 6) is -0.263. The highest BCUT2D eigenvalue weighted by Crippen LogP contribution is 2.29. The van der Waals surface area contributed by atoms with E-state index >= 15 is 0 Å². The van der Waals surface area contributed by atoms with Crippen LogP contribution in [0.2, 0.25) is 0 Å². The van der Waals surface area contributed by atoms with Gasteiger partial charge in [-0.05, 0) is 37.5 Å². The van der Waals surface area contributed by atoms with Gasteiger partial charge in [0.15, 0.2) is 5.69 Å². The number of aliphatic imine (C=N–C) groups is 1. The van der Waals surface area contributed by atoms with E-state index in [4.69, 9.17) is 5.11 Å². The van der Waals surface area contributed by atoms with Crippen molar-refractivity contribution < 1.29 is 19.5 Å². The van der Waals surface area contributed by atoms with Crippen molar-refractivity contribution in [3.8, 4) is 0 Å². The van der Waals surface area contributed by atoms with E-state index in [1.807, 2.05) is 0 Å². The number of hydrogen-bond acceptors (Lipinski definition) is 5. The number of aromatic carboxylic acids is 1. The van der Waals surface area contributed by atoms with Crippen LogP contribution in [0.15, 0.2) is 4.99 Å². The van der Waals surface area contributed by atoms with Crippen LogP contribution in [0.25, 0.3) is 0 Å². The number of H-pyrrole nitrogens is 1. The van der Waals surface area contributed by atoms with Crippen LogP contribution in [-0.2, 0) is 17.8 Å². The van der Waals surface area contributed by atoms with E-state index in [1.165, 1.54) is 0 Å². The number of aromatic amines is 1. The minimum atomic E-state index is -1.05. The van der Waals surface area contributed by atoms with Gasteiger partial charge in [-0.15, -0.1) is 0 Å². The fraction of sp³-hybridized carbons (Fsp3) is 0.647. The van der Waals surface area contributed by atoms with Gasteiger partial charge in [-0.25, -0.2) is 19.4 Å². The number of carbonyl (C=O) groups is 2. The number of nitrogens with one attached hydrogen (secondary N) is 2. The Labute approximate surface area is 150 Å². The summed E-state index contributed by atoms with van der Waals surface area (Å²) >= 11 is 0. The molecule has 3 N–H and O–H groups in total. The van der Waals surface area contributed by atoms with Crippen LogP contribution in [0.5, 0.6) is 0 Å². The van der Waals surface area contributed by atoms with Gasteiger partial charge in [0.2, 0.25) is 6.08 Å².